The van der Waals surface area contributed by atoms with Gasteiger partial charge in [0.15, 0.2) is 5.69 Å². The maximum Gasteiger partial charge on any atom is 0.311 e. The summed E-state index contributed by atoms with van der Waals surface area (Å²) in [7, 11) is 6.95. The number of amides is 3. The van der Waals surface area contributed by atoms with Gasteiger partial charge in [-0.05, 0) is 88.7 Å². The van der Waals surface area contributed by atoms with Gasteiger partial charge in [-0.15, -0.1) is 0 Å². The maximum atomic E-state index is 13.7. The van der Waals surface area contributed by atoms with Crippen molar-refractivity contribution in [3.63, 3.8) is 0 Å². The Morgan fingerprint density at radius 2 is 1.80 bits per heavy atom. The Kier molecular flexibility index (Phi) is 8.53. The molecule has 5 rings (SSSR count). The molecule has 2 aromatic rings. The van der Waals surface area contributed by atoms with Gasteiger partial charge in [-0.1, -0.05) is 12.1 Å². The van der Waals surface area contributed by atoms with E-state index in [1.165, 1.54) is 35.7 Å². The lowest BCUT2D eigenvalue weighted by Gasteiger charge is -2.42. The Morgan fingerprint density at radius 1 is 1.12 bits per heavy atom. The molecule has 1 aliphatic carbocycles. The Hall–Kier alpha value is -3.80. The van der Waals surface area contributed by atoms with Gasteiger partial charge in [0, 0.05) is 27.2 Å². The first kappa shape index (κ1) is 30.2. The molecule has 0 unspecified atom stereocenters. The lowest BCUT2D eigenvalue weighted by Crippen LogP contribution is -2.54. The number of fused-ring (bicyclic) bond motifs is 2. The van der Waals surface area contributed by atoms with Gasteiger partial charge in [0.1, 0.15) is 11.6 Å². The smallest absolute Gasteiger partial charge is 0.311 e. The molecule has 41 heavy (non-hydrogen) atoms. The van der Waals surface area contributed by atoms with Gasteiger partial charge < -0.3 is 25.5 Å². The van der Waals surface area contributed by atoms with E-state index in [2.05, 4.69) is 20.5 Å². The molecule has 3 amide bonds. The van der Waals surface area contributed by atoms with Crippen molar-refractivity contribution in [2.75, 3.05) is 34.7 Å². The summed E-state index contributed by atoms with van der Waals surface area (Å²) in [5.74, 6) is -3.34. The highest BCUT2D eigenvalue weighted by atomic mass is 19.1. The second-order valence-electron chi connectivity index (χ2n) is 11.9. The van der Waals surface area contributed by atoms with E-state index in [9.17, 15) is 28.7 Å². The van der Waals surface area contributed by atoms with E-state index in [-0.39, 0.29) is 30.1 Å². The number of benzene rings is 1. The highest BCUT2D eigenvalue weighted by molar-refractivity contribution is 6.35. The quantitative estimate of drug-likeness (QED) is 0.411. The molecule has 2 aliphatic heterocycles. The monoisotopic (exact) mass is 570 g/mol. The van der Waals surface area contributed by atoms with E-state index in [0.717, 1.165) is 19.4 Å². The highest BCUT2D eigenvalue weighted by Crippen LogP contribution is 2.51. The average Bonchev–Trinajstić information content (AvgIpc) is 3.13. The third-order valence-corrected chi connectivity index (χ3v) is 8.39. The fourth-order valence-electron chi connectivity index (χ4n) is 5.98. The summed E-state index contributed by atoms with van der Waals surface area (Å²) in [4.78, 5) is 60.1. The Labute approximate surface area is 238 Å². The fourth-order valence-corrected chi connectivity index (χ4v) is 5.98. The van der Waals surface area contributed by atoms with Crippen molar-refractivity contribution in [2.45, 2.75) is 64.1 Å². The second kappa shape index (κ2) is 11.6. The molecule has 1 fully saturated rings. The van der Waals surface area contributed by atoms with E-state index >= 15 is 0 Å². The number of aromatic hydroxyl groups is 1. The van der Waals surface area contributed by atoms with Crippen LogP contribution in [-0.2, 0) is 28.2 Å². The van der Waals surface area contributed by atoms with E-state index in [1.54, 1.807) is 13.0 Å². The van der Waals surface area contributed by atoms with Gasteiger partial charge in [0.05, 0.1) is 5.54 Å². The normalized spacial score (nSPS) is 21.2. The van der Waals surface area contributed by atoms with Gasteiger partial charge in [0.25, 0.3) is 11.5 Å². The number of rotatable bonds is 8. The van der Waals surface area contributed by atoms with Crippen LogP contribution in [0.5, 0.6) is 5.75 Å². The van der Waals surface area contributed by atoms with Crippen molar-refractivity contribution in [3.05, 3.63) is 57.0 Å². The number of carbonyl (C=O) groups is 3. The summed E-state index contributed by atoms with van der Waals surface area (Å²) >= 11 is 0. The molecule has 1 aromatic carbocycles. The van der Waals surface area contributed by atoms with E-state index in [1.807, 2.05) is 14.1 Å². The number of nitrogens with zero attached hydrogens (tertiary/aromatic N) is 4. The van der Waals surface area contributed by atoms with Gasteiger partial charge in [-0.2, -0.15) is 0 Å². The zero-order valence-electron chi connectivity index (χ0n) is 24.3. The molecule has 1 aromatic heterocycles. The van der Waals surface area contributed by atoms with Crippen LogP contribution in [0.15, 0.2) is 23.0 Å². The Balaban J connectivity index is 1.73. The van der Waals surface area contributed by atoms with Crippen LogP contribution in [-0.4, -0.2) is 76.9 Å². The number of aromatic nitrogens is 2. The molecule has 1 saturated carbocycles. The SMILES string of the molecule is Cc1cc(CNC(=O)c2nc3n(c(=O)c2O)CC2(CCCN(C)C)CCC3(NC(=O)C(=O)N(C)C)CC2)ccc1F. The first-order valence-corrected chi connectivity index (χ1v) is 13.8. The van der Waals surface area contributed by atoms with Crippen LogP contribution in [0.25, 0.3) is 0 Å². The lowest BCUT2D eigenvalue weighted by atomic mass is 9.66. The summed E-state index contributed by atoms with van der Waals surface area (Å²) in [6.07, 6.45) is 3.93. The predicted octanol–water partition coefficient (Wildman–Crippen LogP) is 1.64. The summed E-state index contributed by atoms with van der Waals surface area (Å²) in [5.41, 5.74) is -1.60. The van der Waals surface area contributed by atoms with Crippen LogP contribution in [0, 0.1) is 18.2 Å². The number of halogens is 1. The number of hydrogen-bond donors (Lipinski definition) is 3. The first-order valence-electron chi connectivity index (χ1n) is 13.8. The van der Waals surface area contributed by atoms with E-state index in [0.29, 0.717) is 36.8 Å². The minimum atomic E-state index is -1.17. The summed E-state index contributed by atoms with van der Waals surface area (Å²) in [6, 6.07) is 4.42. The third kappa shape index (κ3) is 6.12. The third-order valence-electron chi connectivity index (χ3n) is 8.39. The molecular formula is C29H39FN6O5. The van der Waals surface area contributed by atoms with Crippen molar-refractivity contribution < 1.29 is 23.9 Å². The largest absolute Gasteiger partial charge is 0.501 e. The molecule has 0 atom stereocenters. The van der Waals surface area contributed by atoms with Crippen molar-refractivity contribution in [1.29, 1.82) is 0 Å². The highest BCUT2D eigenvalue weighted by Gasteiger charge is 2.51. The van der Waals surface area contributed by atoms with E-state index in [4.69, 9.17) is 0 Å². The summed E-state index contributed by atoms with van der Waals surface area (Å²) in [6.45, 7) is 2.79. The lowest BCUT2D eigenvalue weighted by molar-refractivity contribution is -0.145. The number of nitrogens with one attached hydrogen (secondary N) is 2. The van der Waals surface area contributed by atoms with Crippen LogP contribution >= 0.6 is 0 Å². The van der Waals surface area contributed by atoms with Crippen molar-refractivity contribution in [1.82, 2.24) is 30.0 Å². The zero-order valence-corrected chi connectivity index (χ0v) is 24.3. The van der Waals surface area contributed by atoms with Crippen molar-refractivity contribution >= 4 is 17.7 Å². The Bertz CT molecular complexity index is 1410. The molecule has 11 nitrogen and oxygen atoms in total. The van der Waals surface area contributed by atoms with Crippen LogP contribution in [0.3, 0.4) is 0 Å². The number of carbonyl (C=O) groups excluding carboxylic acids is 3. The van der Waals surface area contributed by atoms with E-state index < -0.39 is 40.3 Å². The molecule has 3 N–H and O–H groups in total. The van der Waals surface area contributed by atoms with Crippen LogP contribution in [0.2, 0.25) is 0 Å². The summed E-state index contributed by atoms with van der Waals surface area (Å²) < 4.78 is 15.0. The van der Waals surface area contributed by atoms with Gasteiger partial charge in [-0.25, -0.2) is 9.37 Å². The molecule has 0 radical (unpaired) electrons. The minimum absolute atomic E-state index is 0.0215. The molecule has 0 saturated heterocycles. The van der Waals surface area contributed by atoms with Gasteiger partial charge >= 0.3 is 11.8 Å². The van der Waals surface area contributed by atoms with Crippen LogP contribution < -0.4 is 16.2 Å². The molecule has 222 valence electrons. The average molecular weight is 571 g/mol. The number of hydrogen-bond acceptors (Lipinski definition) is 7. The molecule has 3 heterocycles. The predicted molar refractivity (Wildman–Crippen MR) is 150 cm³/mol. The maximum absolute atomic E-state index is 13.7. The number of aryl methyl sites for hydroxylation is 1. The minimum Gasteiger partial charge on any atom is -0.501 e. The second-order valence-corrected chi connectivity index (χ2v) is 11.9. The standard InChI is InChI=1S/C29H39FN6O5/c1-18-15-19(7-8-20(18)30)16-31-23(38)21-22(37)25(40)36-17-28(9-6-14-34(2)3)10-12-29(13-11-28,27(36)32-21)33-24(39)26(41)35(4)5/h7-8,15,37H,6,9-14,16-17H2,1-5H3,(H,31,38)(H,33,39). The molecule has 0 spiro atoms. The molecular weight excluding hydrogens is 531 g/mol. The topological polar surface area (TPSA) is 137 Å². The number of likely N-dealkylation sites (N-methyl/N-ethyl adjacent to an activating group) is 1. The van der Waals surface area contributed by atoms with Crippen LogP contribution in [0.1, 0.15) is 66.0 Å². The fraction of sp³-hybridized carbons (Fsp3) is 0.552. The molecule has 3 aliphatic rings. The van der Waals surface area contributed by atoms with Crippen molar-refractivity contribution in [2.24, 2.45) is 5.41 Å². The van der Waals surface area contributed by atoms with Crippen molar-refractivity contribution in [3.8, 4) is 5.75 Å². The Morgan fingerprint density at radius 3 is 2.41 bits per heavy atom. The molecule has 2 bridgehead atoms. The summed E-state index contributed by atoms with van der Waals surface area (Å²) in [5, 5.41) is 16.4. The zero-order chi connectivity index (χ0) is 30.1. The van der Waals surface area contributed by atoms with Crippen LogP contribution in [0.4, 0.5) is 4.39 Å². The molecule has 12 heteroatoms. The first-order chi connectivity index (χ1) is 19.3. The van der Waals surface area contributed by atoms with Gasteiger partial charge in [0.2, 0.25) is 5.75 Å². The van der Waals surface area contributed by atoms with Gasteiger partial charge in [-0.3, -0.25) is 23.7 Å².